The molecular weight excluding hydrogens is 160 g/mol. The lowest BCUT2D eigenvalue weighted by Gasteiger charge is -2.25. The molecule has 2 nitrogen and oxygen atoms in total. The average molecular weight is 180 g/mol. The van der Waals surface area contributed by atoms with Gasteiger partial charge in [-0.15, -0.1) is 0 Å². The number of rotatable bonds is 4. The van der Waals surface area contributed by atoms with Crippen molar-refractivity contribution in [3.8, 4) is 0 Å². The van der Waals surface area contributed by atoms with Crippen LogP contribution in [0.1, 0.15) is 26.7 Å². The Balaban J connectivity index is 2.52. The van der Waals surface area contributed by atoms with Gasteiger partial charge in [0, 0.05) is 18.8 Å². The van der Waals surface area contributed by atoms with Crippen LogP contribution in [-0.4, -0.2) is 18.8 Å². The highest BCUT2D eigenvalue weighted by atomic mass is 15.2. The molecule has 74 valence electrons. The molecule has 0 amide bonds. The largest absolute Gasteiger partial charge is 0.303 e. The highest BCUT2D eigenvalue weighted by Gasteiger charge is 2.30. The summed E-state index contributed by atoms with van der Waals surface area (Å²) in [4.78, 5) is 0. The Bertz CT molecular complexity index is 172. The fourth-order valence-electron chi connectivity index (χ4n) is 1.67. The summed E-state index contributed by atoms with van der Waals surface area (Å²) >= 11 is 0. The first-order valence-corrected chi connectivity index (χ1v) is 5.01. The molecule has 2 heteroatoms. The summed E-state index contributed by atoms with van der Waals surface area (Å²) in [7, 11) is 0. The standard InChI is InChI=1S/C11H20N2/c1-3-5-7-11(8-6-4-2)9-12-10-13-11/h3-6,12-13H,7-10H2,1-2H3. The van der Waals surface area contributed by atoms with Gasteiger partial charge in [0.05, 0.1) is 0 Å². The van der Waals surface area contributed by atoms with E-state index in [0.29, 0.717) is 0 Å². The topological polar surface area (TPSA) is 24.1 Å². The van der Waals surface area contributed by atoms with Gasteiger partial charge in [0.15, 0.2) is 0 Å². The zero-order valence-corrected chi connectivity index (χ0v) is 8.64. The van der Waals surface area contributed by atoms with E-state index in [1.807, 2.05) is 0 Å². The van der Waals surface area contributed by atoms with Gasteiger partial charge in [0.25, 0.3) is 0 Å². The quantitative estimate of drug-likeness (QED) is 0.645. The van der Waals surface area contributed by atoms with Gasteiger partial charge in [-0.3, -0.25) is 5.32 Å². The van der Waals surface area contributed by atoms with Crippen molar-refractivity contribution in [2.75, 3.05) is 13.2 Å². The average Bonchev–Trinajstić information content (AvgIpc) is 2.61. The maximum Gasteiger partial charge on any atom is 0.0459 e. The Morgan fingerprint density at radius 1 is 1.15 bits per heavy atom. The zero-order valence-electron chi connectivity index (χ0n) is 8.64. The SMILES string of the molecule is CC=CCC1(CC=CC)CNCN1. The van der Waals surface area contributed by atoms with E-state index in [0.717, 1.165) is 26.1 Å². The second kappa shape index (κ2) is 5.20. The molecule has 0 aromatic heterocycles. The van der Waals surface area contributed by atoms with Crippen LogP contribution in [0.3, 0.4) is 0 Å². The predicted octanol–water partition coefficient (Wildman–Crippen LogP) is 1.81. The molecule has 1 saturated heterocycles. The van der Waals surface area contributed by atoms with E-state index in [-0.39, 0.29) is 5.54 Å². The lowest BCUT2D eigenvalue weighted by atomic mass is 9.92. The predicted molar refractivity (Wildman–Crippen MR) is 57.6 cm³/mol. The molecule has 0 bridgehead atoms. The molecule has 1 heterocycles. The zero-order chi connectivity index (χ0) is 9.57. The minimum Gasteiger partial charge on any atom is -0.303 e. The molecule has 0 atom stereocenters. The van der Waals surface area contributed by atoms with Crippen LogP contribution in [0.5, 0.6) is 0 Å². The van der Waals surface area contributed by atoms with Crippen molar-refractivity contribution in [3.05, 3.63) is 24.3 Å². The smallest absolute Gasteiger partial charge is 0.0459 e. The highest BCUT2D eigenvalue weighted by Crippen LogP contribution is 2.19. The van der Waals surface area contributed by atoms with Crippen LogP contribution in [0.25, 0.3) is 0 Å². The van der Waals surface area contributed by atoms with E-state index < -0.39 is 0 Å². The minimum atomic E-state index is 0.263. The molecule has 0 aromatic carbocycles. The van der Waals surface area contributed by atoms with E-state index in [9.17, 15) is 0 Å². The van der Waals surface area contributed by atoms with E-state index in [2.05, 4.69) is 48.8 Å². The Hall–Kier alpha value is -0.600. The number of hydrogen-bond acceptors (Lipinski definition) is 2. The van der Waals surface area contributed by atoms with Gasteiger partial charge in [-0.1, -0.05) is 24.3 Å². The molecule has 1 fully saturated rings. The first kappa shape index (κ1) is 10.5. The summed E-state index contributed by atoms with van der Waals surface area (Å²) in [6.07, 6.45) is 10.9. The van der Waals surface area contributed by atoms with Crippen molar-refractivity contribution in [1.29, 1.82) is 0 Å². The van der Waals surface area contributed by atoms with Crippen LogP contribution < -0.4 is 10.6 Å². The Labute approximate surface area is 81.1 Å². The normalized spacial score (nSPS) is 29.4. The second-order valence-electron chi connectivity index (χ2n) is 3.61. The molecule has 13 heavy (non-hydrogen) atoms. The molecule has 0 aliphatic carbocycles. The van der Waals surface area contributed by atoms with E-state index >= 15 is 0 Å². The Kier molecular flexibility index (Phi) is 4.19. The van der Waals surface area contributed by atoms with Crippen molar-refractivity contribution in [1.82, 2.24) is 10.6 Å². The van der Waals surface area contributed by atoms with Crippen LogP contribution in [-0.2, 0) is 0 Å². The van der Waals surface area contributed by atoms with Crippen molar-refractivity contribution in [2.45, 2.75) is 32.2 Å². The van der Waals surface area contributed by atoms with Gasteiger partial charge in [0.2, 0.25) is 0 Å². The third-order valence-corrected chi connectivity index (χ3v) is 2.54. The van der Waals surface area contributed by atoms with Gasteiger partial charge in [-0.05, 0) is 26.7 Å². The molecule has 0 saturated carbocycles. The van der Waals surface area contributed by atoms with E-state index in [1.165, 1.54) is 0 Å². The van der Waals surface area contributed by atoms with Crippen molar-refractivity contribution < 1.29 is 0 Å². The van der Waals surface area contributed by atoms with Crippen LogP contribution in [0, 0.1) is 0 Å². The number of hydrogen-bond donors (Lipinski definition) is 2. The van der Waals surface area contributed by atoms with Gasteiger partial charge in [-0.25, -0.2) is 0 Å². The second-order valence-corrected chi connectivity index (χ2v) is 3.61. The maximum absolute atomic E-state index is 3.53. The van der Waals surface area contributed by atoms with Gasteiger partial charge >= 0.3 is 0 Å². The highest BCUT2D eigenvalue weighted by molar-refractivity contribution is 5.04. The van der Waals surface area contributed by atoms with Crippen LogP contribution >= 0.6 is 0 Å². The summed E-state index contributed by atoms with van der Waals surface area (Å²) in [5, 5.41) is 6.88. The first-order chi connectivity index (χ1) is 6.33. The molecule has 1 rings (SSSR count). The molecule has 2 N–H and O–H groups in total. The summed E-state index contributed by atoms with van der Waals surface area (Å²) in [6.45, 7) is 6.16. The number of nitrogens with one attached hydrogen (secondary N) is 2. The molecule has 0 unspecified atom stereocenters. The van der Waals surface area contributed by atoms with Crippen LogP contribution in [0.15, 0.2) is 24.3 Å². The van der Waals surface area contributed by atoms with E-state index in [4.69, 9.17) is 0 Å². The van der Waals surface area contributed by atoms with E-state index in [1.54, 1.807) is 0 Å². The first-order valence-electron chi connectivity index (χ1n) is 5.01. The number of allylic oxidation sites excluding steroid dienone is 2. The molecular formula is C11H20N2. The summed E-state index contributed by atoms with van der Waals surface area (Å²) < 4.78 is 0. The van der Waals surface area contributed by atoms with Crippen molar-refractivity contribution in [2.24, 2.45) is 0 Å². The molecule has 0 radical (unpaired) electrons. The lowest BCUT2D eigenvalue weighted by Crippen LogP contribution is -2.41. The third-order valence-electron chi connectivity index (χ3n) is 2.54. The summed E-state index contributed by atoms with van der Waals surface area (Å²) in [5.74, 6) is 0. The molecule has 0 spiro atoms. The Morgan fingerprint density at radius 3 is 2.15 bits per heavy atom. The molecule has 1 aliphatic heterocycles. The van der Waals surface area contributed by atoms with Crippen LogP contribution in [0.2, 0.25) is 0 Å². The van der Waals surface area contributed by atoms with Crippen molar-refractivity contribution in [3.63, 3.8) is 0 Å². The van der Waals surface area contributed by atoms with Gasteiger partial charge in [0.1, 0.15) is 0 Å². The Morgan fingerprint density at radius 2 is 1.77 bits per heavy atom. The molecule has 1 aliphatic rings. The lowest BCUT2D eigenvalue weighted by molar-refractivity contribution is 0.407. The summed E-state index contributed by atoms with van der Waals surface area (Å²) in [6, 6.07) is 0. The monoisotopic (exact) mass is 180 g/mol. The van der Waals surface area contributed by atoms with Crippen LogP contribution in [0.4, 0.5) is 0 Å². The fourth-order valence-corrected chi connectivity index (χ4v) is 1.67. The maximum atomic E-state index is 3.53. The minimum absolute atomic E-state index is 0.263. The molecule has 0 aromatic rings. The third kappa shape index (κ3) is 2.98. The fraction of sp³-hybridized carbons (Fsp3) is 0.636. The van der Waals surface area contributed by atoms with Crippen molar-refractivity contribution >= 4 is 0 Å². The van der Waals surface area contributed by atoms with Gasteiger partial charge in [-0.2, -0.15) is 0 Å². The van der Waals surface area contributed by atoms with Gasteiger partial charge < -0.3 is 5.32 Å². The summed E-state index contributed by atoms with van der Waals surface area (Å²) in [5.41, 5.74) is 0.263.